The Hall–Kier alpha value is -1.36. The van der Waals surface area contributed by atoms with Crippen molar-refractivity contribution in [3.63, 3.8) is 0 Å². The van der Waals surface area contributed by atoms with E-state index in [0.717, 1.165) is 32.1 Å². The summed E-state index contributed by atoms with van der Waals surface area (Å²) in [7, 11) is 0. The van der Waals surface area contributed by atoms with E-state index in [1.165, 1.54) is 58.3 Å². The van der Waals surface area contributed by atoms with Crippen LogP contribution in [0.25, 0.3) is 0 Å². The molecule has 3 N–H and O–H groups in total. The molecule has 0 spiro atoms. The van der Waals surface area contributed by atoms with Crippen LogP contribution in [-0.4, -0.2) is 34.2 Å². The molecule has 0 radical (unpaired) electrons. The third kappa shape index (κ3) is 14.4. The second-order valence-electron chi connectivity index (χ2n) is 7.68. The summed E-state index contributed by atoms with van der Waals surface area (Å²) in [5.41, 5.74) is -1.58. The summed E-state index contributed by atoms with van der Waals surface area (Å²) in [4.78, 5) is 22.8. The average Bonchev–Trinajstić information content (AvgIpc) is 2.64. The zero-order valence-corrected chi connectivity index (χ0v) is 17.5. The lowest BCUT2D eigenvalue weighted by Gasteiger charge is -2.23. The number of carboxylic acid groups (broad SMARTS) is 1. The van der Waals surface area contributed by atoms with E-state index in [-0.39, 0.29) is 5.91 Å². The van der Waals surface area contributed by atoms with Crippen molar-refractivity contribution in [2.75, 3.05) is 6.61 Å². The zero-order valence-electron chi connectivity index (χ0n) is 17.5. The van der Waals surface area contributed by atoms with Crippen LogP contribution in [0.3, 0.4) is 0 Å². The smallest absolute Gasteiger partial charge is 0.331 e. The molecule has 0 aromatic heterocycles. The van der Waals surface area contributed by atoms with Crippen LogP contribution in [0.5, 0.6) is 0 Å². The number of hydrogen-bond donors (Lipinski definition) is 3. The van der Waals surface area contributed by atoms with Gasteiger partial charge in [-0.05, 0) is 39.0 Å². The standard InChI is InChI=1S/C22H41NO4/c1-3-4-5-6-7-8-9-10-11-12-13-14-15-16-17-18-20(25)23-22(2,19-24)21(26)27/h10-11,24H,3-9,12-19H2,1-2H3,(H,23,25)(H,26,27)/t22-/m0/s1. The van der Waals surface area contributed by atoms with E-state index in [1.54, 1.807) is 0 Å². The number of carboxylic acids is 1. The molecule has 5 heteroatoms. The second-order valence-corrected chi connectivity index (χ2v) is 7.68. The monoisotopic (exact) mass is 383 g/mol. The number of aliphatic hydroxyl groups is 1. The lowest BCUT2D eigenvalue weighted by molar-refractivity contribution is -0.148. The van der Waals surface area contributed by atoms with Crippen LogP contribution in [0.15, 0.2) is 12.2 Å². The van der Waals surface area contributed by atoms with E-state index in [0.29, 0.717) is 6.42 Å². The van der Waals surface area contributed by atoms with Crippen molar-refractivity contribution in [1.29, 1.82) is 0 Å². The molecule has 0 aromatic rings. The van der Waals surface area contributed by atoms with Crippen molar-refractivity contribution in [3.8, 4) is 0 Å². The molecule has 0 aliphatic rings. The van der Waals surface area contributed by atoms with Gasteiger partial charge >= 0.3 is 5.97 Å². The SMILES string of the molecule is CCCCCCCCC=CCCCCCCCC(=O)N[C@@](C)(CO)C(=O)O. The fraction of sp³-hybridized carbons (Fsp3) is 0.818. The normalized spacial score (nSPS) is 13.6. The maximum absolute atomic E-state index is 11.8. The number of amides is 1. The Balaban J connectivity index is 3.48. The quantitative estimate of drug-likeness (QED) is 0.230. The molecule has 1 amide bonds. The third-order valence-corrected chi connectivity index (χ3v) is 4.87. The number of hydrogen-bond acceptors (Lipinski definition) is 3. The van der Waals surface area contributed by atoms with Gasteiger partial charge in [-0.25, -0.2) is 4.79 Å². The number of nitrogens with one attached hydrogen (secondary N) is 1. The average molecular weight is 384 g/mol. The molecule has 0 aliphatic heterocycles. The van der Waals surface area contributed by atoms with Gasteiger partial charge in [0.2, 0.25) is 5.91 Å². The third-order valence-electron chi connectivity index (χ3n) is 4.87. The topological polar surface area (TPSA) is 86.6 Å². The van der Waals surface area contributed by atoms with Gasteiger partial charge in [0.25, 0.3) is 0 Å². The highest BCUT2D eigenvalue weighted by molar-refractivity contribution is 5.86. The van der Waals surface area contributed by atoms with Gasteiger partial charge < -0.3 is 15.5 Å². The first-order valence-electron chi connectivity index (χ1n) is 10.8. The molecule has 27 heavy (non-hydrogen) atoms. The molecule has 158 valence electrons. The molecular formula is C22H41NO4. The Morgan fingerprint density at radius 1 is 0.852 bits per heavy atom. The van der Waals surface area contributed by atoms with E-state index in [9.17, 15) is 9.59 Å². The van der Waals surface area contributed by atoms with Crippen LogP contribution in [0.2, 0.25) is 0 Å². The minimum Gasteiger partial charge on any atom is -0.479 e. The van der Waals surface area contributed by atoms with Gasteiger partial charge in [-0.1, -0.05) is 70.4 Å². The van der Waals surface area contributed by atoms with Crippen molar-refractivity contribution in [2.45, 2.75) is 109 Å². The molecule has 5 nitrogen and oxygen atoms in total. The fourth-order valence-corrected chi connectivity index (χ4v) is 2.89. The van der Waals surface area contributed by atoms with E-state index in [1.807, 2.05) is 0 Å². The number of carbonyl (C=O) groups is 2. The van der Waals surface area contributed by atoms with Crippen LogP contribution < -0.4 is 5.32 Å². The highest BCUT2D eigenvalue weighted by Gasteiger charge is 2.33. The van der Waals surface area contributed by atoms with Crippen LogP contribution in [0.1, 0.15) is 104 Å². The van der Waals surface area contributed by atoms with Crippen molar-refractivity contribution in [3.05, 3.63) is 12.2 Å². The van der Waals surface area contributed by atoms with Gasteiger partial charge in [0.1, 0.15) is 0 Å². The largest absolute Gasteiger partial charge is 0.479 e. The van der Waals surface area contributed by atoms with Gasteiger partial charge in [0, 0.05) is 6.42 Å². The first-order valence-corrected chi connectivity index (χ1v) is 10.8. The molecule has 0 heterocycles. The van der Waals surface area contributed by atoms with Gasteiger partial charge in [-0.15, -0.1) is 0 Å². The minimum atomic E-state index is -1.58. The molecular weight excluding hydrogens is 342 g/mol. The van der Waals surface area contributed by atoms with Crippen LogP contribution >= 0.6 is 0 Å². The highest BCUT2D eigenvalue weighted by atomic mass is 16.4. The van der Waals surface area contributed by atoms with Gasteiger partial charge in [-0.2, -0.15) is 0 Å². The van der Waals surface area contributed by atoms with Gasteiger partial charge in [-0.3, -0.25) is 4.79 Å². The molecule has 1 atom stereocenters. The van der Waals surface area contributed by atoms with Gasteiger partial charge in [0.15, 0.2) is 5.54 Å². The Bertz CT molecular complexity index is 423. The maximum Gasteiger partial charge on any atom is 0.331 e. The predicted octanol–water partition coefficient (Wildman–Crippen LogP) is 4.98. The van der Waals surface area contributed by atoms with E-state index < -0.39 is 18.1 Å². The number of carbonyl (C=O) groups excluding carboxylic acids is 1. The summed E-state index contributed by atoms with van der Waals surface area (Å²) < 4.78 is 0. The maximum atomic E-state index is 11.8. The summed E-state index contributed by atoms with van der Waals surface area (Å²) in [6.07, 6.45) is 20.5. The summed E-state index contributed by atoms with van der Waals surface area (Å²) in [6, 6.07) is 0. The Kier molecular flexibility index (Phi) is 15.9. The molecule has 0 unspecified atom stereocenters. The van der Waals surface area contributed by atoms with Gasteiger partial charge in [0.05, 0.1) is 6.61 Å². The fourth-order valence-electron chi connectivity index (χ4n) is 2.89. The van der Waals surface area contributed by atoms with Crippen LogP contribution in [-0.2, 0) is 9.59 Å². The van der Waals surface area contributed by atoms with Crippen LogP contribution in [0.4, 0.5) is 0 Å². The molecule has 0 aromatic carbocycles. The van der Waals surface area contributed by atoms with Crippen molar-refractivity contribution in [2.24, 2.45) is 0 Å². The summed E-state index contributed by atoms with van der Waals surface area (Å²) in [6.45, 7) is 2.95. The molecule has 0 rings (SSSR count). The van der Waals surface area contributed by atoms with Crippen molar-refractivity contribution < 1.29 is 19.8 Å². The molecule has 0 saturated heterocycles. The number of rotatable bonds is 18. The van der Waals surface area contributed by atoms with E-state index in [4.69, 9.17) is 10.2 Å². The van der Waals surface area contributed by atoms with Crippen molar-refractivity contribution in [1.82, 2.24) is 5.32 Å². The predicted molar refractivity (Wildman–Crippen MR) is 111 cm³/mol. The number of unbranched alkanes of at least 4 members (excludes halogenated alkanes) is 11. The first-order chi connectivity index (χ1) is 13.0. The molecule has 0 saturated carbocycles. The summed E-state index contributed by atoms with van der Waals surface area (Å²) in [5, 5.41) is 20.5. The molecule has 0 fully saturated rings. The Labute approximate surface area is 165 Å². The molecule has 0 bridgehead atoms. The lowest BCUT2D eigenvalue weighted by Crippen LogP contribution is -2.54. The second kappa shape index (κ2) is 16.8. The Morgan fingerprint density at radius 3 is 1.81 bits per heavy atom. The minimum absolute atomic E-state index is 0.307. The Morgan fingerprint density at radius 2 is 1.33 bits per heavy atom. The summed E-state index contributed by atoms with van der Waals surface area (Å²) in [5.74, 6) is -1.53. The number of allylic oxidation sites excluding steroid dienone is 2. The number of aliphatic hydroxyl groups excluding tert-OH is 1. The van der Waals surface area contributed by atoms with Crippen LogP contribution in [0, 0.1) is 0 Å². The number of aliphatic carboxylic acids is 1. The lowest BCUT2D eigenvalue weighted by atomic mass is 10.0. The zero-order chi connectivity index (χ0) is 20.4. The van der Waals surface area contributed by atoms with Crippen molar-refractivity contribution >= 4 is 11.9 Å². The first kappa shape index (κ1) is 25.6. The molecule has 0 aliphatic carbocycles. The van der Waals surface area contributed by atoms with E-state index >= 15 is 0 Å². The van der Waals surface area contributed by atoms with E-state index in [2.05, 4.69) is 24.4 Å². The summed E-state index contributed by atoms with van der Waals surface area (Å²) >= 11 is 0. The highest BCUT2D eigenvalue weighted by Crippen LogP contribution is 2.10.